The molecule has 0 spiro atoms. The quantitative estimate of drug-likeness (QED) is 0.910. The van der Waals surface area contributed by atoms with Crippen LogP contribution in [0, 0.1) is 0 Å². The Hall–Kier alpha value is -1.49. The summed E-state index contributed by atoms with van der Waals surface area (Å²) >= 11 is 0. The fourth-order valence-electron chi connectivity index (χ4n) is 1.36. The first-order chi connectivity index (χ1) is 8.59. The van der Waals surface area contributed by atoms with Crippen LogP contribution < -0.4 is 10.5 Å². The van der Waals surface area contributed by atoms with E-state index in [1.165, 1.54) is 6.08 Å². The van der Waals surface area contributed by atoms with E-state index < -0.39 is 17.8 Å². The van der Waals surface area contributed by atoms with Crippen molar-refractivity contribution in [2.45, 2.75) is 38.6 Å². The van der Waals surface area contributed by atoms with Crippen LogP contribution in [0.1, 0.15) is 26.3 Å². The van der Waals surface area contributed by atoms with Gasteiger partial charge in [0.1, 0.15) is 17.4 Å². The van der Waals surface area contributed by atoms with Crippen LogP contribution >= 0.6 is 0 Å². The van der Waals surface area contributed by atoms with Crippen LogP contribution in [0.3, 0.4) is 0 Å². The zero-order valence-corrected chi connectivity index (χ0v) is 11.2. The van der Waals surface area contributed by atoms with Crippen LogP contribution in [0.4, 0.5) is 13.2 Å². The number of alkyl halides is 3. The molecule has 2 nitrogen and oxygen atoms in total. The van der Waals surface area contributed by atoms with Crippen molar-refractivity contribution in [1.29, 1.82) is 0 Å². The fourth-order valence-corrected chi connectivity index (χ4v) is 1.36. The molecular formula is C14H18F3NO. The van der Waals surface area contributed by atoms with Gasteiger partial charge in [-0.25, -0.2) is 0 Å². The number of nitrogens with two attached hydrogens (primary N) is 1. The van der Waals surface area contributed by atoms with Crippen LogP contribution in [-0.2, 0) is 0 Å². The summed E-state index contributed by atoms with van der Waals surface area (Å²) in [6.45, 7) is 5.61. The Bertz CT molecular complexity index is 447. The Kier molecular flexibility index (Phi) is 4.63. The molecule has 0 aliphatic rings. The summed E-state index contributed by atoms with van der Waals surface area (Å²) in [5, 5.41) is 0. The lowest BCUT2D eigenvalue weighted by molar-refractivity contribution is -0.136. The molecule has 0 aromatic heterocycles. The second kappa shape index (κ2) is 5.65. The Balaban J connectivity index is 2.93. The maximum Gasteiger partial charge on any atom is 0.407 e. The topological polar surface area (TPSA) is 35.2 Å². The maximum absolute atomic E-state index is 12.3. The summed E-state index contributed by atoms with van der Waals surface area (Å²) in [5.41, 5.74) is 5.17. The van der Waals surface area contributed by atoms with E-state index in [0.717, 1.165) is 6.08 Å². The Labute approximate surface area is 111 Å². The first kappa shape index (κ1) is 15.6. The minimum atomic E-state index is -4.43. The third-order valence-electron chi connectivity index (χ3n) is 2.20. The first-order valence-electron chi connectivity index (χ1n) is 5.88. The van der Waals surface area contributed by atoms with E-state index in [1.54, 1.807) is 24.3 Å². The molecule has 2 N–H and O–H groups in total. The van der Waals surface area contributed by atoms with Crippen molar-refractivity contribution in [2.75, 3.05) is 0 Å². The Morgan fingerprint density at radius 2 is 1.74 bits per heavy atom. The molecule has 5 heteroatoms. The Morgan fingerprint density at radius 1 is 1.16 bits per heavy atom. The molecule has 0 unspecified atom stereocenters. The van der Waals surface area contributed by atoms with Gasteiger partial charge >= 0.3 is 6.18 Å². The molecule has 19 heavy (non-hydrogen) atoms. The molecule has 0 heterocycles. The van der Waals surface area contributed by atoms with Gasteiger partial charge < -0.3 is 10.5 Å². The molecule has 1 aromatic carbocycles. The monoisotopic (exact) mass is 273 g/mol. The smallest absolute Gasteiger partial charge is 0.407 e. The molecule has 1 atom stereocenters. The molecule has 0 fully saturated rings. The van der Waals surface area contributed by atoms with Gasteiger partial charge in [-0.1, -0.05) is 30.4 Å². The third-order valence-corrected chi connectivity index (χ3v) is 2.20. The number of rotatable bonds is 3. The van der Waals surface area contributed by atoms with E-state index in [4.69, 9.17) is 10.5 Å². The molecule has 0 saturated heterocycles. The molecule has 0 aliphatic carbocycles. The highest BCUT2D eigenvalue weighted by atomic mass is 19.4. The van der Waals surface area contributed by atoms with E-state index in [0.29, 0.717) is 11.3 Å². The van der Waals surface area contributed by atoms with Crippen molar-refractivity contribution in [3.05, 3.63) is 35.9 Å². The molecular weight excluding hydrogens is 255 g/mol. The summed E-state index contributed by atoms with van der Waals surface area (Å²) in [6.07, 6.45) is -2.18. The number of hydrogen-bond acceptors (Lipinski definition) is 2. The largest absolute Gasteiger partial charge is 0.488 e. The lowest BCUT2D eigenvalue weighted by atomic mass is 10.1. The molecule has 0 radical (unpaired) electrons. The second-order valence-corrected chi connectivity index (χ2v) is 5.18. The number of para-hydroxylation sites is 1. The van der Waals surface area contributed by atoms with E-state index in [2.05, 4.69) is 0 Å². The zero-order chi connectivity index (χ0) is 14.7. The molecule has 0 saturated carbocycles. The summed E-state index contributed by atoms with van der Waals surface area (Å²) in [6, 6.07) is 4.91. The molecule has 106 valence electrons. The van der Waals surface area contributed by atoms with Crippen molar-refractivity contribution < 1.29 is 17.9 Å². The lowest BCUT2D eigenvalue weighted by Gasteiger charge is -2.22. The normalized spacial score (nSPS) is 14.7. The minimum absolute atomic E-state index is 0.421. The third kappa shape index (κ3) is 5.34. The van der Waals surface area contributed by atoms with E-state index in [9.17, 15) is 13.2 Å². The van der Waals surface area contributed by atoms with Gasteiger partial charge in [-0.2, -0.15) is 13.2 Å². The van der Waals surface area contributed by atoms with Gasteiger partial charge in [0.05, 0.1) is 0 Å². The van der Waals surface area contributed by atoms with E-state index >= 15 is 0 Å². The van der Waals surface area contributed by atoms with Gasteiger partial charge in [0.15, 0.2) is 0 Å². The van der Waals surface area contributed by atoms with Crippen molar-refractivity contribution in [3.8, 4) is 5.75 Å². The van der Waals surface area contributed by atoms with Gasteiger partial charge in [0.25, 0.3) is 0 Å². The minimum Gasteiger partial charge on any atom is -0.488 e. The summed E-state index contributed by atoms with van der Waals surface area (Å²) in [4.78, 5) is 0. The summed E-state index contributed by atoms with van der Waals surface area (Å²) in [5.74, 6) is 0.528. The average molecular weight is 273 g/mol. The summed E-state index contributed by atoms with van der Waals surface area (Å²) in [7, 11) is 0. The van der Waals surface area contributed by atoms with E-state index in [-0.39, 0.29) is 0 Å². The maximum atomic E-state index is 12.3. The van der Waals surface area contributed by atoms with Crippen LogP contribution in [0.25, 0.3) is 6.08 Å². The number of benzene rings is 1. The highest BCUT2D eigenvalue weighted by molar-refractivity contribution is 5.57. The average Bonchev–Trinajstić information content (AvgIpc) is 2.24. The number of halogens is 3. The van der Waals surface area contributed by atoms with Crippen molar-refractivity contribution in [3.63, 3.8) is 0 Å². The predicted octanol–water partition coefficient (Wildman–Crippen LogP) is 3.77. The predicted molar refractivity (Wildman–Crippen MR) is 69.9 cm³/mol. The van der Waals surface area contributed by atoms with Crippen LogP contribution in [0.5, 0.6) is 5.75 Å². The molecule has 0 aliphatic heterocycles. The van der Waals surface area contributed by atoms with Crippen molar-refractivity contribution in [1.82, 2.24) is 0 Å². The second-order valence-electron chi connectivity index (χ2n) is 5.18. The molecule has 1 aromatic rings. The Morgan fingerprint density at radius 3 is 2.26 bits per heavy atom. The highest BCUT2D eigenvalue weighted by Gasteiger charge is 2.34. The van der Waals surface area contributed by atoms with Gasteiger partial charge in [-0.15, -0.1) is 0 Å². The summed E-state index contributed by atoms with van der Waals surface area (Å²) < 4.78 is 42.6. The standard InChI is InChI=1S/C14H18F3NO/c1-13(2,3)19-11-7-5-4-6-10(11)8-9-12(18)14(15,16)17/h4-9,12H,18H2,1-3H3/t12-/m0/s1. The van der Waals surface area contributed by atoms with Crippen molar-refractivity contribution in [2.24, 2.45) is 5.73 Å². The van der Waals surface area contributed by atoms with Gasteiger partial charge in [-0.3, -0.25) is 0 Å². The van der Waals surface area contributed by atoms with Crippen LogP contribution in [0.15, 0.2) is 30.3 Å². The zero-order valence-electron chi connectivity index (χ0n) is 11.2. The highest BCUT2D eigenvalue weighted by Crippen LogP contribution is 2.25. The van der Waals surface area contributed by atoms with Gasteiger partial charge in [0.2, 0.25) is 0 Å². The van der Waals surface area contributed by atoms with Crippen LogP contribution in [-0.4, -0.2) is 17.8 Å². The van der Waals surface area contributed by atoms with Crippen LogP contribution in [0.2, 0.25) is 0 Å². The number of hydrogen-bond donors (Lipinski definition) is 1. The SMILES string of the molecule is CC(C)(C)Oc1ccccc1C=C[C@H](N)C(F)(F)F. The molecule has 0 amide bonds. The lowest BCUT2D eigenvalue weighted by Crippen LogP contribution is -2.35. The van der Waals surface area contributed by atoms with Crippen molar-refractivity contribution >= 4 is 6.08 Å². The van der Waals surface area contributed by atoms with Gasteiger partial charge in [-0.05, 0) is 26.8 Å². The molecule has 1 rings (SSSR count). The van der Waals surface area contributed by atoms with Gasteiger partial charge in [0, 0.05) is 5.56 Å². The first-order valence-corrected chi connectivity index (χ1v) is 5.88. The fraction of sp³-hybridized carbons (Fsp3) is 0.429. The molecule has 0 bridgehead atoms. The number of ether oxygens (including phenoxy) is 1. The van der Waals surface area contributed by atoms with E-state index in [1.807, 2.05) is 20.8 Å².